The lowest BCUT2D eigenvalue weighted by molar-refractivity contribution is -0.0301. The molecule has 0 aliphatic carbocycles. The van der Waals surface area contributed by atoms with E-state index < -0.39 is 16.9 Å². The summed E-state index contributed by atoms with van der Waals surface area (Å²) in [4.78, 5) is 27.9. The Kier molecular flexibility index (Phi) is 3.88. The van der Waals surface area contributed by atoms with Gasteiger partial charge in [-0.3, -0.25) is 14.3 Å². The summed E-state index contributed by atoms with van der Waals surface area (Å²) in [6.45, 7) is 8.94. The van der Waals surface area contributed by atoms with E-state index in [0.29, 0.717) is 19.6 Å². The monoisotopic (exact) mass is 296 g/mol. The molecule has 2 heterocycles. The number of aliphatic hydroxyl groups is 1. The van der Waals surface area contributed by atoms with Gasteiger partial charge in [-0.15, -0.1) is 0 Å². The summed E-state index contributed by atoms with van der Waals surface area (Å²) in [5.74, 6) is 0.492. The van der Waals surface area contributed by atoms with Gasteiger partial charge >= 0.3 is 5.69 Å². The van der Waals surface area contributed by atoms with Crippen LogP contribution < -0.4 is 21.9 Å². The Morgan fingerprint density at radius 2 is 1.86 bits per heavy atom. The summed E-state index contributed by atoms with van der Waals surface area (Å²) >= 11 is 0. The van der Waals surface area contributed by atoms with Crippen molar-refractivity contribution in [1.29, 1.82) is 0 Å². The van der Waals surface area contributed by atoms with Crippen molar-refractivity contribution in [2.75, 3.05) is 23.7 Å². The van der Waals surface area contributed by atoms with Crippen molar-refractivity contribution < 1.29 is 5.11 Å². The normalized spacial score (nSPS) is 17.4. The topological polar surface area (TPSA) is 104 Å². The van der Waals surface area contributed by atoms with E-state index in [1.807, 2.05) is 27.7 Å². The molecule has 0 bridgehead atoms. The lowest BCUT2D eigenvalue weighted by Crippen LogP contribution is -2.66. The van der Waals surface area contributed by atoms with Crippen molar-refractivity contribution in [3.63, 3.8) is 0 Å². The van der Waals surface area contributed by atoms with Crippen LogP contribution in [-0.2, 0) is 6.54 Å². The molecule has 1 aromatic heterocycles. The van der Waals surface area contributed by atoms with Gasteiger partial charge in [0.25, 0.3) is 5.56 Å². The fourth-order valence-corrected chi connectivity index (χ4v) is 2.57. The Morgan fingerprint density at radius 1 is 1.29 bits per heavy atom. The van der Waals surface area contributed by atoms with Crippen molar-refractivity contribution in [3.8, 4) is 0 Å². The highest BCUT2D eigenvalue weighted by Gasteiger charge is 2.45. The van der Waals surface area contributed by atoms with Gasteiger partial charge in [0.2, 0.25) is 0 Å². The number of H-pyrrole nitrogens is 1. The molecule has 0 atom stereocenters. The number of aromatic nitrogens is 2. The third kappa shape index (κ3) is 2.70. The van der Waals surface area contributed by atoms with E-state index in [4.69, 9.17) is 5.73 Å². The lowest BCUT2D eigenvalue weighted by Gasteiger charge is -2.50. The second-order valence-corrected chi connectivity index (χ2v) is 6.61. The molecule has 1 aromatic rings. The van der Waals surface area contributed by atoms with E-state index in [-0.39, 0.29) is 23.3 Å². The number of nitrogens with zero attached hydrogens (tertiary/aromatic N) is 2. The predicted octanol–water partition coefficient (Wildman–Crippen LogP) is -0.0181. The Balaban J connectivity index is 2.38. The molecule has 0 spiro atoms. The van der Waals surface area contributed by atoms with Crippen LogP contribution in [0.15, 0.2) is 9.59 Å². The second-order valence-electron chi connectivity index (χ2n) is 6.61. The fourth-order valence-electron chi connectivity index (χ4n) is 2.57. The molecule has 0 aromatic carbocycles. The Morgan fingerprint density at radius 3 is 2.33 bits per heavy atom. The Labute approximate surface area is 123 Å². The van der Waals surface area contributed by atoms with Crippen molar-refractivity contribution in [2.24, 2.45) is 11.8 Å². The molecule has 118 valence electrons. The standard InChI is InChI=1S/C14H24N4O3/c1-8(2)5-18-11(15)10(12(19)16-13(18)20)17-6-14(21,7-17)9(3)4/h8-9,21H,5-7,15H2,1-4H3,(H,16,19,20). The Hall–Kier alpha value is -1.76. The predicted molar refractivity (Wildman–Crippen MR) is 82.6 cm³/mol. The fraction of sp³-hybridized carbons (Fsp3) is 0.714. The maximum absolute atomic E-state index is 12.0. The number of aromatic amines is 1. The molecular formula is C14H24N4O3. The maximum atomic E-state index is 12.0. The second kappa shape index (κ2) is 5.22. The molecule has 7 nitrogen and oxygen atoms in total. The van der Waals surface area contributed by atoms with Crippen molar-refractivity contribution in [1.82, 2.24) is 9.55 Å². The van der Waals surface area contributed by atoms with Crippen LogP contribution in [0, 0.1) is 11.8 Å². The van der Waals surface area contributed by atoms with Crippen LogP contribution >= 0.6 is 0 Å². The number of nitrogens with two attached hydrogens (primary N) is 1. The van der Waals surface area contributed by atoms with Gasteiger partial charge in [0.1, 0.15) is 17.1 Å². The van der Waals surface area contributed by atoms with E-state index in [0.717, 1.165) is 0 Å². The Bertz CT molecular complexity index is 639. The quantitative estimate of drug-likeness (QED) is 0.724. The van der Waals surface area contributed by atoms with Crippen molar-refractivity contribution in [2.45, 2.75) is 39.8 Å². The molecule has 1 saturated heterocycles. The number of rotatable bonds is 4. The minimum absolute atomic E-state index is 0.0932. The first-order valence-electron chi connectivity index (χ1n) is 7.25. The molecule has 1 fully saturated rings. The van der Waals surface area contributed by atoms with Crippen LogP contribution in [-0.4, -0.2) is 33.3 Å². The maximum Gasteiger partial charge on any atom is 0.330 e. The van der Waals surface area contributed by atoms with Gasteiger partial charge in [-0.05, 0) is 11.8 Å². The smallest absolute Gasteiger partial charge is 0.330 e. The molecular weight excluding hydrogens is 272 g/mol. The van der Waals surface area contributed by atoms with Gasteiger partial charge in [0, 0.05) is 19.6 Å². The van der Waals surface area contributed by atoms with E-state index in [9.17, 15) is 14.7 Å². The molecule has 4 N–H and O–H groups in total. The molecule has 0 unspecified atom stereocenters. The zero-order valence-electron chi connectivity index (χ0n) is 13.0. The average molecular weight is 296 g/mol. The molecule has 0 amide bonds. The highest BCUT2D eigenvalue weighted by Crippen LogP contribution is 2.33. The summed E-state index contributed by atoms with van der Waals surface area (Å²) in [5, 5.41) is 10.3. The number of hydrogen-bond acceptors (Lipinski definition) is 5. The molecule has 2 rings (SSSR count). The number of hydrogen-bond donors (Lipinski definition) is 3. The van der Waals surface area contributed by atoms with Crippen LogP contribution in [0.1, 0.15) is 27.7 Å². The van der Waals surface area contributed by atoms with E-state index in [1.165, 1.54) is 4.57 Å². The first kappa shape index (κ1) is 15.6. The lowest BCUT2D eigenvalue weighted by atomic mass is 9.83. The van der Waals surface area contributed by atoms with Crippen LogP contribution in [0.4, 0.5) is 11.5 Å². The van der Waals surface area contributed by atoms with Crippen LogP contribution in [0.2, 0.25) is 0 Å². The number of nitrogens with one attached hydrogen (secondary N) is 1. The molecule has 0 saturated carbocycles. The SMILES string of the molecule is CC(C)Cn1c(N)c(N2CC(O)(C(C)C)C2)c(=O)[nH]c1=O. The minimum Gasteiger partial charge on any atom is -0.386 e. The van der Waals surface area contributed by atoms with Crippen LogP contribution in [0.25, 0.3) is 0 Å². The van der Waals surface area contributed by atoms with Gasteiger partial charge in [0.05, 0.1) is 0 Å². The third-order valence-corrected chi connectivity index (χ3v) is 4.08. The molecule has 1 aliphatic rings. The first-order chi connectivity index (χ1) is 9.65. The van der Waals surface area contributed by atoms with E-state index in [1.54, 1.807) is 4.90 Å². The van der Waals surface area contributed by atoms with Crippen LogP contribution in [0.3, 0.4) is 0 Å². The molecule has 21 heavy (non-hydrogen) atoms. The first-order valence-corrected chi connectivity index (χ1v) is 7.25. The summed E-state index contributed by atoms with van der Waals surface area (Å²) in [6.07, 6.45) is 0. The molecule has 0 radical (unpaired) electrons. The number of β-amino-alcohol motifs (C(OH)–C–C–N with tert-alkyl or cyclic N) is 1. The highest BCUT2D eigenvalue weighted by atomic mass is 16.3. The zero-order chi connectivity index (χ0) is 15.9. The van der Waals surface area contributed by atoms with Gasteiger partial charge in [-0.2, -0.15) is 0 Å². The summed E-state index contributed by atoms with van der Waals surface area (Å²) in [6, 6.07) is 0. The summed E-state index contributed by atoms with van der Waals surface area (Å²) in [5.41, 5.74) is 4.51. The molecule has 7 heteroatoms. The number of anilines is 2. The third-order valence-electron chi connectivity index (χ3n) is 4.08. The minimum atomic E-state index is -0.808. The van der Waals surface area contributed by atoms with Crippen molar-refractivity contribution >= 4 is 11.5 Å². The van der Waals surface area contributed by atoms with Gasteiger partial charge in [0.15, 0.2) is 0 Å². The van der Waals surface area contributed by atoms with E-state index >= 15 is 0 Å². The van der Waals surface area contributed by atoms with Gasteiger partial charge in [-0.25, -0.2) is 4.79 Å². The summed E-state index contributed by atoms with van der Waals surface area (Å²) < 4.78 is 1.38. The average Bonchev–Trinajstić information content (AvgIpc) is 2.31. The van der Waals surface area contributed by atoms with Crippen LogP contribution in [0.5, 0.6) is 0 Å². The highest BCUT2D eigenvalue weighted by molar-refractivity contribution is 5.64. The van der Waals surface area contributed by atoms with Gasteiger partial charge in [-0.1, -0.05) is 27.7 Å². The van der Waals surface area contributed by atoms with E-state index in [2.05, 4.69) is 4.98 Å². The molecule has 1 aliphatic heterocycles. The largest absolute Gasteiger partial charge is 0.386 e. The summed E-state index contributed by atoms with van der Waals surface area (Å²) in [7, 11) is 0. The number of nitrogen functional groups attached to an aromatic ring is 1. The zero-order valence-corrected chi connectivity index (χ0v) is 13.0. The van der Waals surface area contributed by atoms with Gasteiger partial charge < -0.3 is 15.7 Å². The van der Waals surface area contributed by atoms with Crippen molar-refractivity contribution in [3.05, 3.63) is 20.8 Å².